The van der Waals surface area contributed by atoms with Gasteiger partial charge in [0.05, 0.1) is 7.11 Å². The number of hydrogen-bond acceptors (Lipinski definition) is 4. The lowest BCUT2D eigenvalue weighted by molar-refractivity contribution is -0.133. The fraction of sp³-hybridized carbons (Fsp3) is 0.350. The second-order valence-corrected chi connectivity index (χ2v) is 7.18. The van der Waals surface area contributed by atoms with Gasteiger partial charge in [0.25, 0.3) is 5.91 Å². The number of carbonyl (C=O) groups excluding carboxylic acids is 1. The zero-order chi connectivity index (χ0) is 18.5. The molecule has 0 saturated carbocycles. The lowest BCUT2D eigenvalue weighted by Gasteiger charge is -2.36. The minimum absolute atomic E-state index is 0.0294. The van der Waals surface area contributed by atoms with Crippen molar-refractivity contribution in [1.29, 1.82) is 0 Å². The standard InChI is InChI=1S/C20H23BrN2O3/c1-15-13-16(21)3-8-19(15)26-14-20(24)23-11-9-22(10-12-23)17-4-6-18(25-2)7-5-17/h3-8,13H,9-12,14H2,1-2H3. The summed E-state index contributed by atoms with van der Waals surface area (Å²) in [6.45, 7) is 5.08. The predicted octanol–water partition coefficient (Wildman–Crippen LogP) is 3.49. The van der Waals surface area contributed by atoms with Crippen LogP contribution in [0.4, 0.5) is 5.69 Å². The number of anilines is 1. The summed E-state index contributed by atoms with van der Waals surface area (Å²) >= 11 is 3.43. The van der Waals surface area contributed by atoms with Crippen molar-refractivity contribution < 1.29 is 14.3 Å². The summed E-state index contributed by atoms with van der Waals surface area (Å²) in [7, 11) is 1.66. The molecule has 1 saturated heterocycles. The van der Waals surface area contributed by atoms with Crippen LogP contribution in [0.25, 0.3) is 0 Å². The van der Waals surface area contributed by atoms with E-state index < -0.39 is 0 Å². The fourth-order valence-electron chi connectivity index (χ4n) is 3.01. The normalized spacial score (nSPS) is 14.3. The van der Waals surface area contributed by atoms with Crippen LogP contribution in [0.15, 0.2) is 46.9 Å². The van der Waals surface area contributed by atoms with Gasteiger partial charge in [-0.25, -0.2) is 0 Å². The van der Waals surface area contributed by atoms with E-state index in [-0.39, 0.29) is 12.5 Å². The number of halogens is 1. The maximum Gasteiger partial charge on any atom is 0.260 e. The Morgan fingerprint density at radius 2 is 1.77 bits per heavy atom. The Bertz CT molecular complexity index is 756. The zero-order valence-corrected chi connectivity index (χ0v) is 16.7. The van der Waals surface area contributed by atoms with Crippen LogP contribution in [0, 0.1) is 6.92 Å². The van der Waals surface area contributed by atoms with Crippen molar-refractivity contribution in [3.8, 4) is 11.5 Å². The number of ether oxygens (including phenoxy) is 2. The first-order chi connectivity index (χ1) is 12.6. The molecule has 0 atom stereocenters. The average Bonchev–Trinajstić information content (AvgIpc) is 2.67. The number of hydrogen-bond donors (Lipinski definition) is 0. The Hall–Kier alpha value is -2.21. The van der Waals surface area contributed by atoms with Gasteiger partial charge in [-0.05, 0) is 55.0 Å². The quantitative estimate of drug-likeness (QED) is 0.744. The highest BCUT2D eigenvalue weighted by Crippen LogP contribution is 2.23. The molecular weight excluding hydrogens is 396 g/mol. The first kappa shape index (κ1) is 18.6. The number of benzene rings is 2. The first-order valence-corrected chi connectivity index (χ1v) is 9.42. The Morgan fingerprint density at radius 1 is 1.08 bits per heavy atom. The van der Waals surface area contributed by atoms with E-state index in [1.54, 1.807) is 7.11 Å². The van der Waals surface area contributed by atoms with E-state index in [0.29, 0.717) is 13.1 Å². The number of carbonyl (C=O) groups is 1. The maximum absolute atomic E-state index is 12.4. The molecular formula is C20H23BrN2O3. The largest absolute Gasteiger partial charge is 0.497 e. The summed E-state index contributed by atoms with van der Waals surface area (Å²) in [5.41, 5.74) is 2.16. The van der Waals surface area contributed by atoms with Crippen molar-refractivity contribution in [2.45, 2.75) is 6.92 Å². The van der Waals surface area contributed by atoms with Gasteiger partial charge in [-0.1, -0.05) is 15.9 Å². The molecule has 0 N–H and O–H groups in total. The van der Waals surface area contributed by atoms with Crippen molar-refractivity contribution in [2.24, 2.45) is 0 Å². The Balaban J connectivity index is 1.50. The molecule has 0 bridgehead atoms. The molecule has 3 rings (SSSR count). The molecule has 0 radical (unpaired) electrons. The summed E-state index contributed by atoms with van der Waals surface area (Å²) in [5, 5.41) is 0. The predicted molar refractivity (Wildman–Crippen MR) is 106 cm³/mol. The van der Waals surface area contributed by atoms with E-state index in [0.717, 1.165) is 40.3 Å². The van der Waals surface area contributed by atoms with Gasteiger partial charge in [-0.3, -0.25) is 4.79 Å². The molecule has 2 aromatic rings. The molecule has 0 aromatic heterocycles. The Morgan fingerprint density at radius 3 is 2.38 bits per heavy atom. The molecule has 0 unspecified atom stereocenters. The lowest BCUT2D eigenvalue weighted by atomic mass is 10.2. The second kappa shape index (κ2) is 8.45. The highest BCUT2D eigenvalue weighted by Gasteiger charge is 2.21. The van der Waals surface area contributed by atoms with Crippen LogP contribution in [0.5, 0.6) is 11.5 Å². The molecule has 138 valence electrons. The molecule has 1 heterocycles. The van der Waals surface area contributed by atoms with E-state index in [2.05, 4.69) is 33.0 Å². The molecule has 2 aromatic carbocycles. The van der Waals surface area contributed by atoms with Gasteiger partial charge >= 0.3 is 0 Å². The van der Waals surface area contributed by atoms with Crippen LogP contribution in [0.1, 0.15) is 5.56 Å². The van der Waals surface area contributed by atoms with Crippen LogP contribution in [0.2, 0.25) is 0 Å². The van der Waals surface area contributed by atoms with Gasteiger partial charge in [0.2, 0.25) is 0 Å². The molecule has 26 heavy (non-hydrogen) atoms. The van der Waals surface area contributed by atoms with E-state index in [1.807, 2.05) is 42.2 Å². The lowest BCUT2D eigenvalue weighted by Crippen LogP contribution is -2.50. The topological polar surface area (TPSA) is 42.0 Å². The zero-order valence-electron chi connectivity index (χ0n) is 15.1. The molecule has 5 nitrogen and oxygen atoms in total. The smallest absolute Gasteiger partial charge is 0.260 e. The third-order valence-electron chi connectivity index (χ3n) is 4.56. The molecule has 6 heteroatoms. The van der Waals surface area contributed by atoms with Crippen LogP contribution in [-0.4, -0.2) is 50.7 Å². The second-order valence-electron chi connectivity index (χ2n) is 6.26. The van der Waals surface area contributed by atoms with Crippen molar-refractivity contribution in [3.05, 3.63) is 52.5 Å². The highest BCUT2D eigenvalue weighted by atomic mass is 79.9. The van der Waals surface area contributed by atoms with E-state index in [4.69, 9.17) is 9.47 Å². The van der Waals surface area contributed by atoms with Crippen molar-refractivity contribution in [1.82, 2.24) is 4.90 Å². The number of aryl methyl sites for hydroxylation is 1. The molecule has 1 aliphatic rings. The first-order valence-electron chi connectivity index (χ1n) is 8.62. The Labute approximate surface area is 162 Å². The average molecular weight is 419 g/mol. The number of amides is 1. The SMILES string of the molecule is COc1ccc(N2CCN(C(=O)COc3ccc(Br)cc3C)CC2)cc1. The summed E-state index contributed by atoms with van der Waals surface area (Å²) in [5.74, 6) is 1.63. The summed E-state index contributed by atoms with van der Waals surface area (Å²) in [6, 6.07) is 13.8. The number of piperazine rings is 1. The summed E-state index contributed by atoms with van der Waals surface area (Å²) < 4.78 is 11.9. The van der Waals surface area contributed by atoms with Crippen molar-refractivity contribution in [2.75, 3.05) is 44.8 Å². The molecule has 0 spiro atoms. The third-order valence-corrected chi connectivity index (χ3v) is 5.05. The minimum Gasteiger partial charge on any atom is -0.497 e. The van der Waals surface area contributed by atoms with E-state index in [1.165, 1.54) is 0 Å². The van der Waals surface area contributed by atoms with Gasteiger partial charge in [0.15, 0.2) is 6.61 Å². The monoisotopic (exact) mass is 418 g/mol. The van der Waals surface area contributed by atoms with Crippen LogP contribution >= 0.6 is 15.9 Å². The van der Waals surface area contributed by atoms with E-state index >= 15 is 0 Å². The third kappa shape index (κ3) is 4.49. The summed E-state index contributed by atoms with van der Waals surface area (Å²) in [6.07, 6.45) is 0. The van der Waals surface area contributed by atoms with Gasteiger partial charge in [0, 0.05) is 36.3 Å². The van der Waals surface area contributed by atoms with E-state index in [9.17, 15) is 4.79 Å². The van der Waals surface area contributed by atoms with Crippen LogP contribution in [0.3, 0.4) is 0 Å². The fourth-order valence-corrected chi connectivity index (χ4v) is 3.49. The van der Waals surface area contributed by atoms with Gasteiger partial charge in [-0.2, -0.15) is 0 Å². The number of rotatable bonds is 5. The number of nitrogens with zero attached hydrogens (tertiary/aromatic N) is 2. The molecule has 1 aliphatic heterocycles. The van der Waals surface area contributed by atoms with Gasteiger partial charge in [-0.15, -0.1) is 0 Å². The van der Waals surface area contributed by atoms with Crippen molar-refractivity contribution >= 4 is 27.5 Å². The summed E-state index contributed by atoms with van der Waals surface area (Å²) in [4.78, 5) is 16.6. The maximum atomic E-state index is 12.4. The van der Waals surface area contributed by atoms with Crippen LogP contribution < -0.4 is 14.4 Å². The van der Waals surface area contributed by atoms with Gasteiger partial charge < -0.3 is 19.3 Å². The Kier molecular flexibility index (Phi) is 6.04. The highest BCUT2D eigenvalue weighted by molar-refractivity contribution is 9.10. The molecule has 1 amide bonds. The van der Waals surface area contributed by atoms with Crippen molar-refractivity contribution in [3.63, 3.8) is 0 Å². The number of methoxy groups -OCH3 is 1. The molecule has 0 aliphatic carbocycles. The minimum atomic E-state index is 0.0294. The van der Waals surface area contributed by atoms with Crippen LogP contribution in [-0.2, 0) is 4.79 Å². The molecule has 1 fully saturated rings. The van der Waals surface area contributed by atoms with Gasteiger partial charge in [0.1, 0.15) is 11.5 Å².